The van der Waals surface area contributed by atoms with E-state index in [-0.39, 0.29) is 17.6 Å². The van der Waals surface area contributed by atoms with Crippen molar-refractivity contribution in [1.29, 1.82) is 5.41 Å². The molecule has 1 unspecified atom stereocenters. The summed E-state index contributed by atoms with van der Waals surface area (Å²) in [5.41, 5.74) is 2.93. The maximum Gasteiger partial charge on any atom is 0.255 e. The number of rotatable bonds is 6. The van der Waals surface area contributed by atoms with Crippen molar-refractivity contribution in [3.63, 3.8) is 0 Å². The quantitative estimate of drug-likeness (QED) is 0.740. The van der Waals surface area contributed by atoms with Crippen LogP contribution in [0.15, 0.2) is 48.5 Å². The summed E-state index contributed by atoms with van der Waals surface area (Å²) in [7, 11) is 0. The van der Waals surface area contributed by atoms with Gasteiger partial charge in [-0.15, -0.1) is 0 Å². The van der Waals surface area contributed by atoms with Gasteiger partial charge in [0.25, 0.3) is 5.91 Å². The van der Waals surface area contributed by atoms with Gasteiger partial charge in [-0.25, -0.2) is 0 Å². The van der Waals surface area contributed by atoms with Crippen molar-refractivity contribution in [2.45, 2.75) is 46.2 Å². The predicted molar refractivity (Wildman–Crippen MR) is 111 cm³/mol. The first-order chi connectivity index (χ1) is 13.2. The van der Waals surface area contributed by atoms with E-state index >= 15 is 0 Å². The van der Waals surface area contributed by atoms with Gasteiger partial charge in [0, 0.05) is 5.56 Å². The standard InChI is InChI=1S/C23H27N3O2/c1-15(2)13-23(4)21(28)26(22(24)25-23)14-17-8-10-18(11-9-17)20-7-5-6-19(12-20)16(3)27/h5-12,15H,13-14H2,1-4H3,(H2,24,25). The fourth-order valence-corrected chi connectivity index (χ4v) is 3.79. The third-order valence-electron chi connectivity index (χ3n) is 5.09. The van der Waals surface area contributed by atoms with E-state index in [1.54, 1.807) is 6.92 Å². The van der Waals surface area contributed by atoms with Crippen molar-refractivity contribution < 1.29 is 9.59 Å². The second-order valence-electron chi connectivity index (χ2n) is 8.13. The fraction of sp³-hybridized carbons (Fsp3) is 0.348. The third kappa shape index (κ3) is 3.98. The number of ketones is 1. The zero-order chi connectivity index (χ0) is 20.5. The molecule has 0 spiro atoms. The number of hydrogen-bond donors (Lipinski definition) is 2. The molecule has 2 aromatic rings. The van der Waals surface area contributed by atoms with Crippen LogP contribution in [0.1, 0.15) is 50.0 Å². The monoisotopic (exact) mass is 377 g/mol. The van der Waals surface area contributed by atoms with E-state index < -0.39 is 5.54 Å². The van der Waals surface area contributed by atoms with Gasteiger partial charge in [0.15, 0.2) is 11.7 Å². The summed E-state index contributed by atoms with van der Waals surface area (Å²) in [5, 5.41) is 11.3. The Kier molecular flexibility index (Phi) is 5.36. The van der Waals surface area contributed by atoms with Crippen molar-refractivity contribution in [1.82, 2.24) is 10.2 Å². The van der Waals surface area contributed by atoms with Crippen LogP contribution >= 0.6 is 0 Å². The molecule has 0 radical (unpaired) electrons. The van der Waals surface area contributed by atoms with Crippen molar-refractivity contribution in [2.24, 2.45) is 5.92 Å². The molecule has 2 N–H and O–H groups in total. The number of hydrogen-bond acceptors (Lipinski definition) is 3. The molecule has 5 heteroatoms. The highest BCUT2D eigenvalue weighted by molar-refractivity contribution is 6.07. The molecule has 1 aliphatic heterocycles. The van der Waals surface area contributed by atoms with Gasteiger partial charge in [-0.1, -0.05) is 56.3 Å². The summed E-state index contributed by atoms with van der Waals surface area (Å²) in [6.45, 7) is 7.95. The van der Waals surface area contributed by atoms with Crippen LogP contribution in [-0.4, -0.2) is 28.1 Å². The molecular formula is C23H27N3O2. The van der Waals surface area contributed by atoms with Crippen LogP contribution < -0.4 is 5.32 Å². The van der Waals surface area contributed by atoms with Gasteiger partial charge in [-0.3, -0.25) is 19.9 Å². The van der Waals surface area contributed by atoms with Crippen LogP contribution in [0, 0.1) is 11.3 Å². The van der Waals surface area contributed by atoms with Gasteiger partial charge in [-0.2, -0.15) is 0 Å². The second-order valence-corrected chi connectivity index (χ2v) is 8.13. The number of guanidine groups is 1. The lowest BCUT2D eigenvalue weighted by molar-refractivity contribution is -0.131. The lowest BCUT2D eigenvalue weighted by Gasteiger charge is -2.24. The average Bonchev–Trinajstić information content (AvgIpc) is 2.84. The largest absolute Gasteiger partial charge is 0.342 e. The molecule has 1 atom stereocenters. The van der Waals surface area contributed by atoms with Crippen LogP contribution in [0.3, 0.4) is 0 Å². The van der Waals surface area contributed by atoms with Crippen molar-refractivity contribution >= 4 is 17.6 Å². The van der Waals surface area contributed by atoms with Crippen LogP contribution in [-0.2, 0) is 11.3 Å². The molecule has 0 aromatic heterocycles. The molecule has 2 aromatic carbocycles. The molecule has 1 saturated heterocycles. The lowest BCUT2D eigenvalue weighted by Crippen LogP contribution is -2.44. The van der Waals surface area contributed by atoms with Crippen LogP contribution in [0.5, 0.6) is 0 Å². The van der Waals surface area contributed by atoms with Gasteiger partial charge in [0.1, 0.15) is 5.54 Å². The molecule has 28 heavy (non-hydrogen) atoms. The predicted octanol–water partition coefficient (Wildman–Crippen LogP) is 4.23. The Bertz CT molecular complexity index is 918. The normalized spacial score (nSPS) is 19.2. The van der Waals surface area contributed by atoms with E-state index in [1.807, 2.05) is 55.5 Å². The molecular weight excluding hydrogens is 350 g/mol. The smallest absolute Gasteiger partial charge is 0.255 e. The van der Waals surface area contributed by atoms with E-state index in [0.717, 1.165) is 16.7 Å². The van der Waals surface area contributed by atoms with Crippen molar-refractivity contribution in [2.75, 3.05) is 0 Å². The van der Waals surface area contributed by atoms with E-state index in [1.165, 1.54) is 4.90 Å². The first kappa shape index (κ1) is 19.8. The Morgan fingerprint density at radius 2 is 1.82 bits per heavy atom. The highest BCUT2D eigenvalue weighted by atomic mass is 16.2. The Morgan fingerprint density at radius 3 is 2.43 bits per heavy atom. The minimum atomic E-state index is -0.710. The minimum Gasteiger partial charge on any atom is -0.342 e. The van der Waals surface area contributed by atoms with E-state index in [9.17, 15) is 9.59 Å². The molecule has 0 aliphatic carbocycles. The number of Topliss-reactive ketones (excluding diaryl/α,β-unsaturated/α-hetero) is 1. The summed E-state index contributed by atoms with van der Waals surface area (Å²) in [4.78, 5) is 26.0. The number of amides is 1. The Hall–Kier alpha value is -2.95. The Balaban J connectivity index is 1.76. The molecule has 1 aliphatic rings. The first-order valence-electron chi connectivity index (χ1n) is 9.58. The zero-order valence-corrected chi connectivity index (χ0v) is 16.9. The molecule has 1 heterocycles. The third-order valence-corrected chi connectivity index (χ3v) is 5.09. The number of benzene rings is 2. The van der Waals surface area contributed by atoms with E-state index in [0.29, 0.717) is 24.4 Å². The molecule has 146 valence electrons. The van der Waals surface area contributed by atoms with Crippen LogP contribution in [0.2, 0.25) is 0 Å². The van der Waals surface area contributed by atoms with E-state index in [2.05, 4.69) is 19.2 Å². The summed E-state index contributed by atoms with van der Waals surface area (Å²) in [6, 6.07) is 15.5. The number of carbonyl (C=O) groups is 2. The SMILES string of the molecule is CC(=O)c1cccc(-c2ccc(CN3C(=N)NC(C)(CC(C)C)C3=O)cc2)c1. The fourth-order valence-electron chi connectivity index (χ4n) is 3.79. The zero-order valence-electron chi connectivity index (χ0n) is 16.9. The Morgan fingerprint density at radius 1 is 1.14 bits per heavy atom. The molecule has 0 saturated carbocycles. The summed E-state index contributed by atoms with van der Waals surface area (Å²) < 4.78 is 0. The number of nitrogens with one attached hydrogen (secondary N) is 2. The van der Waals surface area contributed by atoms with Gasteiger partial charge in [0.2, 0.25) is 0 Å². The van der Waals surface area contributed by atoms with E-state index in [4.69, 9.17) is 5.41 Å². The van der Waals surface area contributed by atoms with Gasteiger partial charge in [0.05, 0.1) is 6.54 Å². The lowest BCUT2D eigenvalue weighted by atomic mass is 9.91. The average molecular weight is 377 g/mol. The van der Waals surface area contributed by atoms with Crippen LogP contribution in [0.4, 0.5) is 0 Å². The van der Waals surface area contributed by atoms with Gasteiger partial charge >= 0.3 is 0 Å². The minimum absolute atomic E-state index is 0.0430. The maximum absolute atomic E-state index is 12.9. The van der Waals surface area contributed by atoms with Gasteiger partial charge in [-0.05, 0) is 48.9 Å². The molecule has 5 nitrogen and oxygen atoms in total. The molecule has 0 bridgehead atoms. The van der Waals surface area contributed by atoms with Crippen molar-refractivity contribution in [3.8, 4) is 11.1 Å². The highest BCUT2D eigenvalue weighted by Crippen LogP contribution is 2.27. The number of nitrogens with zero attached hydrogens (tertiary/aromatic N) is 1. The highest BCUT2D eigenvalue weighted by Gasteiger charge is 2.45. The van der Waals surface area contributed by atoms with Crippen LogP contribution in [0.25, 0.3) is 11.1 Å². The second kappa shape index (κ2) is 7.58. The summed E-state index contributed by atoms with van der Waals surface area (Å²) in [5.74, 6) is 0.511. The first-order valence-corrected chi connectivity index (χ1v) is 9.58. The van der Waals surface area contributed by atoms with Gasteiger partial charge < -0.3 is 5.32 Å². The maximum atomic E-state index is 12.9. The number of carbonyl (C=O) groups excluding carboxylic acids is 2. The Labute approximate surface area is 166 Å². The summed E-state index contributed by atoms with van der Waals surface area (Å²) in [6.07, 6.45) is 0.691. The molecule has 1 fully saturated rings. The topological polar surface area (TPSA) is 73.3 Å². The molecule has 1 amide bonds. The van der Waals surface area contributed by atoms with Crippen molar-refractivity contribution in [3.05, 3.63) is 59.7 Å². The summed E-state index contributed by atoms with van der Waals surface area (Å²) >= 11 is 0. The molecule has 3 rings (SSSR count).